The van der Waals surface area contributed by atoms with Crippen molar-refractivity contribution in [2.24, 2.45) is 11.8 Å². The first-order valence-electron chi connectivity index (χ1n) is 4.30. The molecule has 0 heterocycles. The van der Waals surface area contributed by atoms with Crippen molar-refractivity contribution in [1.82, 2.24) is 0 Å². The molecule has 0 bridgehead atoms. The van der Waals surface area contributed by atoms with Crippen LogP contribution >= 0.6 is 0 Å². The molecule has 0 unspecified atom stereocenters. The lowest BCUT2D eigenvalue weighted by molar-refractivity contribution is -0.141. The molecule has 11 heavy (non-hydrogen) atoms. The van der Waals surface area contributed by atoms with Gasteiger partial charge < -0.3 is 5.11 Å². The highest BCUT2D eigenvalue weighted by Gasteiger charge is 2.11. The second-order valence-electron chi connectivity index (χ2n) is 3.33. The molecule has 2 heteroatoms. The summed E-state index contributed by atoms with van der Waals surface area (Å²) >= 11 is 0. The van der Waals surface area contributed by atoms with Crippen LogP contribution in [0.15, 0.2) is 0 Å². The average Bonchev–Trinajstić information content (AvgIpc) is 1.99. The van der Waals surface area contributed by atoms with Gasteiger partial charge >= 0.3 is 5.97 Å². The highest BCUT2D eigenvalue weighted by molar-refractivity contribution is 5.69. The quantitative estimate of drug-likeness (QED) is 0.667. The first kappa shape index (κ1) is 10.5. The fourth-order valence-corrected chi connectivity index (χ4v) is 0.862. The zero-order valence-corrected chi connectivity index (χ0v) is 7.63. The Morgan fingerprint density at radius 2 is 1.91 bits per heavy atom. The molecule has 0 aromatic carbocycles. The molecule has 2 atom stereocenters. The van der Waals surface area contributed by atoms with Gasteiger partial charge in [0.15, 0.2) is 0 Å². The van der Waals surface area contributed by atoms with Crippen LogP contribution in [0.25, 0.3) is 0 Å². The van der Waals surface area contributed by atoms with Crippen molar-refractivity contribution in [3.63, 3.8) is 0 Å². The highest BCUT2D eigenvalue weighted by atomic mass is 16.4. The lowest BCUT2D eigenvalue weighted by atomic mass is 9.97. The van der Waals surface area contributed by atoms with Gasteiger partial charge in [0.25, 0.3) is 0 Å². The maximum Gasteiger partial charge on any atom is 0.306 e. The van der Waals surface area contributed by atoms with Crippen LogP contribution in [0.4, 0.5) is 0 Å². The SMILES string of the molecule is CC[C@H](C)CC[C@H](C)C(=O)O. The van der Waals surface area contributed by atoms with Crippen molar-refractivity contribution in [3.8, 4) is 0 Å². The van der Waals surface area contributed by atoms with E-state index in [1.165, 1.54) is 0 Å². The topological polar surface area (TPSA) is 37.3 Å². The minimum absolute atomic E-state index is 0.177. The van der Waals surface area contributed by atoms with E-state index < -0.39 is 5.97 Å². The number of rotatable bonds is 5. The standard InChI is InChI=1S/C9H18O2/c1-4-7(2)5-6-8(3)9(10)11/h7-8H,4-6H2,1-3H3,(H,10,11)/t7-,8-/m0/s1. The molecule has 0 saturated carbocycles. The fraction of sp³-hybridized carbons (Fsp3) is 0.889. The van der Waals surface area contributed by atoms with E-state index in [1.807, 2.05) is 0 Å². The largest absolute Gasteiger partial charge is 0.481 e. The van der Waals surface area contributed by atoms with E-state index in [4.69, 9.17) is 5.11 Å². The third-order valence-corrected chi connectivity index (χ3v) is 2.21. The van der Waals surface area contributed by atoms with Gasteiger partial charge in [0, 0.05) is 0 Å². The summed E-state index contributed by atoms with van der Waals surface area (Å²) in [5, 5.41) is 8.57. The van der Waals surface area contributed by atoms with Crippen molar-refractivity contribution < 1.29 is 9.90 Å². The number of carbonyl (C=O) groups is 1. The Morgan fingerprint density at radius 3 is 2.27 bits per heavy atom. The van der Waals surface area contributed by atoms with Crippen LogP contribution < -0.4 is 0 Å². The monoisotopic (exact) mass is 158 g/mol. The zero-order valence-electron chi connectivity index (χ0n) is 7.63. The summed E-state index contributed by atoms with van der Waals surface area (Å²) in [6.07, 6.45) is 2.99. The van der Waals surface area contributed by atoms with Crippen LogP contribution in [0, 0.1) is 11.8 Å². The summed E-state index contributed by atoms with van der Waals surface area (Å²) in [7, 11) is 0. The number of carboxylic acids is 1. The van der Waals surface area contributed by atoms with E-state index >= 15 is 0 Å². The normalized spacial score (nSPS) is 15.9. The van der Waals surface area contributed by atoms with E-state index in [1.54, 1.807) is 6.92 Å². The molecule has 2 nitrogen and oxygen atoms in total. The van der Waals surface area contributed by atoms with Crippen molar-refractivity contribution in [3.05, 3.63) is 0 Å². The lowest BCUT2D eigenvalue weighted by Crippen LogP contribution is -2.10. The molecule has 0 fully saturated rings. The molecule has 0 aliphatic rings. The smallest absolute Gasteiger partial charge is 0.306 e. The second kappa shape index (κ2) is 5.16. The zero-order chi connectivity index (χ0) is 8.85. The van der Waals surface area contributed by atoms with E-state index in [2.05, 4.69) is 13.8 Å². The molecule has 0 aliphatic carbocycles. The molecule has 0 radical (unpaired) electrons. The predicted molar refractivity (Wildman–Crippen MR) is 45.5 cm³/mol. The predicted octanol–water partition coefficient (Wildman–Crippen LogP) is 2.53. The van der Waals surface area contributed by atoms with Crippen LogP contribution in [0.3, 0.4) is 0 Å². The number of hydrogen-bond donors (Lipinski definition) is 1. The minimum atomic E-state index is -0.673. The van der Waals surface area contributed by atoms with Gasteiger partial charge in [-0.05, 0) is 18.8 Å². The van der Waals surface area contributed by atoms with Crippen LogP contribution in [-0.2, 0) is 4.79 Å². The Hall–Kier alpha value is -0.530. The molecule has 0 aromatic heterocycles. The van der Waals surface area contributed by atoms with Gasteiger partial charge in [-0.15, -0.1) is 0 Å². The number of carboxylic acid groups (broad SMARTS) is 1. The number of hydrogen-bond acceptors (Lipinski definition) is 1. The summed E-state index contributed by atoms with van der Waals surface area (Å²) in [6.45, 7) is 6.06. The van der Waals surface area contributed by atoms with Crippen molar-refractivity contribution in [2.75, 3.05) is 0 Å². The fourth-order valence-electron chi connectivity index (χ4n) is 0.862. The minimum Gasteiger partial charge on any atom is -0.481 e. The molecular formula is C9H18O2. The van der Waals surface area contributed by atoms with Crippen molar-refractivity contribution in [2.45, 2.75) is 40.0 Å². The van der Waals surface area contributed by atoms with Crippen LogP contribution in [-0.4, -0.2) is 11.1 Å². The van der Waals surface area contributed by atoms with E-state index in [0.717, 1.165) is 19.3 Å². The molecular weight excluding hydrogens is 140 g/mol. The highest BCUT2D eigenvalue weighted by Crippen LogP contribution is 2.14. The molecule has 0 amide bonds. The van der Waals surface area contributed by atoms with Gasteiger partial charge in [0.1, 0.15) is 0 Å². The van der Waals surface area contributed by atoms with Gasteiger partial charge in [-0.1, -0.05) is 27.2 Å². The van der Waals surface area contributed by atoms with Crippen LogP contribution in [0.2, 0.25) is 0 Å². The molecule has 0 rings (SSSR count). The van der Waals surface area contributed by atoms with Gasteiger partial charge in [0.2, 0.25) is 0 Å². The Kier molecular flexibility index (Phi) is 4.92. The lowest BCUT2D eigenvalue weighted by Gasteiger charge is -2.09. The van der Waals surface area contributed by atoms with E-state index in [-0.39, 0.29) is 5.92 Å². The molecule has 0 saturated heterocycles. The Morgan fingerprint density at radius 1 is 1.36 bits per heavy atom. The summed E-state index contributed by atoms with van der Waals surface area (Å²) in [5.74, 6) is -0.186. The van der Waals surface area contributed by atoms with E-state index in [9.17, 15) is 4.79 Å². The Bertz CT molecular complexity index is 121. The van der Waals surface area contributed by atoms with Crippen molar-refractivity contribution >= 4 is 5.97 Å². The Labute approximate surface area is 68.6 Å². The number of aliphatic carboxylic acids is 1. The molecule has 1 N–H and O–H groups in total. The maximum absolute atomic E-state index is 10.4. The van der Waals surface area contributed by atoms with Gasteiger partial charge in [-0.2, -0.15) is 0 Å². The van der Waals surface area contributed by atoms with Crippen LogP contribution in [0.1, 0.15) is 40.0 Å². The summed E-state index contributed by atoms with van der Waals surface area (Å²) in [6, 6.07) is 0. The summed E-state index contributed by atoms with van der Waals surface area (Å²) < 4.78 is 0. The van der Waals surface area contributed by atoms with Gasteiger partial charge in [-0.25, -0.2) is 0 Å². The van der Waals surface area contributed by atoms with Gasteiger partial charge in [-0.3, -0.25) is 4.79 Å². The average molecular weight is 158 g/mol. The van der Waals surface area contributed by atoms with Crippen LogP contribution in [0.5, 0.6) is 0 Å². The molecule has 0 spiro atoms. The first-order valence-corrected chi connectivity index (χ1v) is 4.30. The Balaban J connectivity index is 3.45. The molecule has 66 valence electrons. The third-order valence-electron chi connectivity index (χ3n) is 2.21. The van der Waals surface area contributed by atoms with Crippen molar-refractivity contribution in [1.29, 1.82) is 0 Å². The summed E-state index contributed by atoms with van der Waals surface area (Å²) in [5.41, 5.74) is 0. The second-order valence-corrected chi connectivity index (χ2v) is 3.33. The third kappa shape index (κ3) is 4.82. The van der Waals surface area contributed by atoms with Gasteiger partial charge in [0.05, 0.1) is 5.92 Å². The molecule has 0 aliphatic heterocycles. The summed E-state index contributed by atoms with van der Waals surface area (Å²) in [4.78, 5) is 10.4. The first-order chi connectivity index (χ1) is 5.07. The maximum atomic E-state index is 10.4. The molecule has 0 aromatic rings. The van der Waals surface area contributed by atoms with E-state index in [0.29, 0.717) is 5.92 Å².